The number of carbonyl (C=O) groups is 4. The van der Waals surface area contributed by atoms with Crippen molar-refractivity contribution in [3.8, 4) is 0 Å². The van der Waals surface area contributed by atoms with E-state index in [0.717, 1.165) is 19.3 Å². The van der Waals surface area contributed by atoms with Crippen LogP contribution in [0.1, 0.15) is 25.7 Å². The lowest BCUT2D eigenvalue weighted by atomic mass is 9.81. The smallest absolute Gasteiger partial charge is 0.308 e. The highest BCUT2D eigenvalue weighted by Crippen LogP contribution is 2.56. The average Bonchev–Trinajstić information content (AvgIpc) is 3.39. The molecule has 0 radical (unpaired) electrons. The zero-order chi connectivity index (χ0) is 21.4. The second-order valence-corrected chi connectivity index (χ2v) is 7.98. The van der Waals surface area contributed by atoms with E-state index in [1.54, 1.807) is 0 Å². The third-order valence-electron chi connectivity index (χ3n) is 6.26. The summed E-state index contributed by atoms with van der Waals surface area (Å²) in [4.78, 5) is 60.4. The summed E-state index contributed by atoms with van der Waals surface area (Å²) >= 11 is 0. The Bertz CT molecular complexity index is 903. The van der Waals surface area contributed by atoms with E-state index in [1.807, 2.05) is 0 Å². The van der Waals surface area contributed by atoms with Crippen LogP contribution in [0.25, 0.3) is 0 Å². The quantitative estimate of drug-likeness (QED) is 0.308. The Hall–Kier alpha value is -3.30. The molecule has 1 aromatic rings. The van der Waals surface area contributed by atoms with Gasteiger partial charge in [0.25, 0.3) is 11.6 Å². The van der Waals surface area contributed by atoms with Crippen LogP contribution in [0.5, 0.6) is 0 Å². The number of fused-ring (bicyclic) bond motifs is 5. The predicted molar refractivity (Wildman–Crippen MR) is 102 cm³/mol. The maximum absolute atomic E-state index is 12.6. The van der Waals surface area contributed by atoms with Crippen molar-refractivity contribution in [1.82, 2.24) is 4.90 Å². The molecule has 1 aromatic carbocycles. The number of amides is 3. The van der Waals surface area contributed by atoms with E-state index < -0.39 is 23.4 Å². The van der Waals surface area contributed by atoms with Gasteiger partial charge in [-0.1, -0.05) is 6.07 Å². The van der Waals surface area contributed by atoms with Crippen molar-refractivity contribution in [2.24, 2.45) is 23.7 Å². The lowest BCUT2D eigenvalue weighted by molar-refractivity contribution is -0.384. The van der Waals surface area contributed by atoms with Crippen molar-refractivity contribution in [2.75, 3.05) is 18.5 Å². The van der Waals surface area contributed by atoms with Crippen LogP contribution in [0.3, 0.4) is 0 Å². The third-order valence-corrected chi connectivity index (χ3v) is 6.26. The largest absolute Gasteiger partial charge is 0.456 e. The number of esters is 1. The highest BCUT2D eigenvalue weighted by atomic mass is 16.6. The third kappa shape index (κ3) is 3.64. The first kappa shape index (κ1) is 20.0. The molecular weight excluding hydrogens is 394 g/mol. The molecule has 3 fully saturated rings. The summed E-state index contributed by atoms with van der Waals surface area (Å²) in [7, 11) is 0. The number of hydrogen-bond acceptors (Lipinski definition) is 7. The maximum atomic E-state index is 12.6. The number of imide groups is 1. The summed E-state index contributed by atoms with van der Waals surface area (Å²) in [5.41, 5.74) is 0.0302. The van der Waals surface area contributed by atoms with Gasteiger partial charge in [-0.25, -0.2) is 0 Å². The molecule has 0 aromatic heterocycles. The molecule has 1 aliphatic heterocycles. The van der Waals surface area contributed by atoms with E-state index in [9.17, 15) is 29.3 Å². The molecule has 158 valence electrons. The first-order chi connectivity index (χ1) is 14.3. The minimum atomic E-state index is -0.704. The molecule has 3 aliphatic rings. The molecule has 2 bridgehead atoms. The van der Waals surface area contributed by atoms with Crippen molar-refractivity contribution in [1.29, 1.82) is 0 Å². The zero-order valence-corrected chi connectivity index (χ0v) is 16.1. The van der Waals surface area contributed by atoms with E-state index in [4.69, 9.17) is 4.74 Å². The molecule has 1 N–H and O–H groups in total. The number of likely N-dealkylation sites (tertiary alicyclic amines) is 1. The molecular formula is C20H21N3O7. The van der Waals surface area contributed by atoms with E-state index in [2.05, 4.69) is 5.32 Å². The molecule has 3 amide bonds. The van der Waals surface area contributed by atoms with E-state index in [1.165, 1.54) is 29.2 Å². The van der Waals surface area contributed by atoms with Crippen molar-refractivity contribution in [2.45, 2.75) is 25.7 Å². The van der Waals surface area contributed by atoms with Gasteiger partial charge in [0.2, 0.25) is 11.8 Å². The van der Waals surface area contributed by atoms with Gasteiger partial charge >= 0.3 is 5.97 Å². The Morgan fingerprint density at radius 1 is 1.17 bits per heavy atom. The van der Waals surface area contributed by atoms with E-state index >= 15 is 0 Å². The molecule has 0 unspecified atom stereocenters. The van der Waals surface area contributed by atoms with Crippen LogP contribution in [0.4, 0.5) is 11.4 Å². The predicted octanol–water partition coefficient (Wildman–Crippen LogP) is 1.50. The lowest BCUT2D eigenvalue weighted by Crippen LogP contribution is -2.35. The van der Waals surface area contributed by atoms with Gasteiger partial charge in [0.05, 0.1) is 23.2 Å². The van der Waals surface area contributed by atoms with Crippen molar-refractivity contribution < 1.29 is 28.8 Å². The van der Waals surface area contributed by atoms with Gasteiger partial charge in [0.1, 0.15) is 0 Å². The Labute approximate surface area is 171 Å². The van der Waals surface area contributed by atoms with Crippen molar-refractivity contribution in [3.05, 3.63) is 34.4 Å². The first-order valence-corrected chi connectivity index (χ1v) is 9.90. The summed E-state index contributed by atoms with van der Waals surface area (Å²) in [5.74, 6) is -1.62. The number of nitrogens with zero attached hydrogens (tertiary/aromatic N) is 2. The number of ether oxygens (including phenoxy) is 1. The van der Waals surface area contributed by atoms with Crippen LogP contribution < -0.4 is 5.32 Å². The number of benzene rings is 1. The molecule has 4 atom stereocenters. The SMILES string of the molecule is O=C(COC(=O)CCN1C(=O)[C@@H]2[C@@H]3CC[C@@H](C3)[C@@H]2C1=O)Nc1cccc([N+](=O)[O-])c1. The van der Waals surface area contributed by atoms with Crippen LogP contribution in [-0.4, -0.2) is 46.7 Å². The van der Waals surface area contributed by atoms with Gasteiger partial charge in [0.15, 0.2) is 6.61 Å². The minimum absolute atomic E-state index is 0.0462. The van der Waals surface area contributed by atoms with E-state index in [-0.39, 0.29) is 59.8 Å². The number of anilines is 1. The second kappa shape index (κ2) is 7.85. The number of non-ortho nitro benzene ring substituents is 1. The average molecular weight is 415 g/mol. The number of carbonyl (C=O) groups excluding carboxylic acids is 4. The molecule has 2 aliphatic carbocycles. The number of nitro groups is 1. The molecule has 30 heavy (non-hydrogen) atoms. The fourth-order valence-electron chi connectivity index (χ4n) is 5.01. The molecule has 10 nitrogen and oxygen atoms in total. The van der Waals surface area contributed by atoms with Gasteiger partial charge in [-0.15, -0.1) is 0 Å². The van der Waals surface area contributed by atoms with Crippen LogP contribution in [0.2, 0.25) is 0 Å². The number of nitro benzene ring substituents is 1. The van der Waals surface area contributed by atoms with Crippen molar-refractivity contribution >= 4 is 35.1 Å². The highest BCUT2D eigenvalue weighted by Gasteiger charge is 2.60. The summed E-state index contributed by atoms with van der Waals surface area (Å²) in [6, 6.07) is 5.37. The summed E-state index contributed by atoms with van der Waals surface area (Å²) in [6.45, 7) is -0.617. The molecule has 4 rings (SSSR count). The van der Waals surface area contributed by atoms with Gasteiger partial charge in [-0.3, -0.25) is 34.2 Å². The van der Waals surface area contributed by atoms with Gasteiger partial charge in [-0.05, 0) is 37.2 Å². The lowest BCUT2D eigenvalue weighted by Gasteiger charge is -2.19. The molecule has 0 spiro atoms. The summed E-state index contributed by atoms with van der Waals surface area (Å²) in [6.07, 6.45) is 2.74. The Kier molecular flexibility index (Phi) is 5.23. The summed E-state index contributed by atoms with van der Waals surface area (Å²) in [5, 5.41) is 13.2. The van der Waals surface area contributed by atoms with Crippen LogP contribution >= 0.6 is 0 Å². The van der Waals surface area contributed by atoms with Crippen LogP contribution in [0, 0.1) is 33.8 Å². The Balaban J connectivity index is 1.23. The molecule has 2 saturated carbocycles. The summed E-state index contributed by atoms with van der Waals surface area (Å²) < 4.78 is 4.90. The maximum Gasteiger partial charge on any atom is 0.308 e. The van der Waals surface area contributed by atoms with Gasteiger partial charge in [-0.2, -0.15) is 0 Å². The number of rotatable bonds is 7. The Morgan fingerprint density at radius 2 is 1.83 bits per heavy atom. The standard InChI is InChI=1S/C20H21N3O7/c24-15(21-13-2-1-3-14(9-13)23(28)29)10-30-16(25)6-7-22-19(26)17-11-4-5-12(8-11)18(17)20(22)27/h1-3,9,11-12,17-18H,4-8,10H2,(H,21,24)/t11-,12+,17-,18+. The fraction of sp³-hybridized carbons (Fsp3) is 0.500. The topological polar surface area (TPSA) is 136 Å². The molecule has 1 saturated heterocycles. The van der Waals surface area contributed by atoms with Gasteiger partial charge < -0.3 is 10.1 Å². The minimum Gasteiger partial charge on any atom is -0.456 e. The zero-order valence-electron chi connectivity index (χ0n) is 16.1. The fourth-order valence-corrected chi connectivity index (χ4v) is 5.01. The van der Waals surface area contributed by atoms with E-state index in [0.29, 0.717) is 0 Å². The highest BCUT2D eigenvalue weighted by molar-refractivity contribution is 6.06. The van der Waals surface area contributed by atoms with Crippen LogP contribution in [-0.2, 0) is 23.9 Å². The van der Waals surface area contributed by atoms with Gasteiger partial charge in [0, 0.05) is 24.4 Å². The monoisotopic (exact) mass is 415 g/mol. The molecule has 1 heterocycles. The Morgan fingerprint density at radius 3 is 2.47 bits per heavy atom. The number of nitrogens with one attached hydrogen (secondary N) is 1. The molecule has 10 heteroatoms. The van der Waals surface area contributed by atoms with Crippen LogP contribution in [0.15, 0.2) is 24.3 Å². The van der Waals surface area contributed by atoms with Crippen molar-refractivity contribution in [3.63, 3.8) is 0 Å². The normalized spacial score (nSPS) is 26.6. The second-order valence-electron chi connectivity index (χ2n) is 7.98. The first-order valence-electron chi connectivity index (χ1n) is 9.90. The number of hydrogen-bond donors (Lipinski definition) is 1.